The lowest BCUT2D eigenvalue weighted by atomic mass is 10.1. The van der Waals surface area contributed by atoms with Gasteiger partial charge in [0.2, 0.25) is 0 Å². The van der Waals surface area contributed by atoms with Gasteiger partial charge in [-0.2, -0.15) is 0 Å². The monoisotopic (exact) mass is 324 g/mol. The van der Waals surface area contributed by atoms with Crippen LogP contribution in [0.2, 0.25) is 5.02 Å². The molecule has 3 heteroatoms. The zero-order valence-corrected chi connectivity index (χ0v) is 14.3. The summed E-state index contributed by atoms with van der Waals surface area (Å²) in [6.07, 6.45) is 9.30. The number of aliphatic hydroxyl groups excluding tert-OH is 1. The molecule has 0 aliphatic rings. The van der Waals surface area contributed by atoms with Crippen LogP contribution in [0.5, 0.6) is 0 Å². The molecule has 2 rings (SSSR count). The number of thiophene rings is 1. The number of unbranched alkanes of at least 4 members (excludes halogenated alkanes) is 6. The van der Waals surface area contributed by atoms with Gasteiger partial charge in [0.25, 0.3) is 0 Å². The zero-order chi connectivity index (χ0) is 15.1. The van der Waals surface area contributed by atoms with Gasteiger partial charge < -0.3 is 5.11 Å². The van der Waals surface area contributed by atoms with Gasteiger partial charge in [0.05, 0.1) is 16.0 Å². The molecule has 0 spiro atoms. The minimum absolute atomic E-state index is 0.412. The van der Waals surface area contributed by atoms with Crippen molar-refractivity contribution in [1.82, 2.24) is 0 Å². The molecule has 0 fully saturated rings. The van der Waals surface area contributed by atoms with E-state index in [1.807, 2.05) is 18.2 Å². The predicted molar refractivity (Wildman–Crippen MR) is 94.4 cm³/mol. The summed E-state index contributed by atoms with van der Waals surface area (Å²) in [5.41, 5.74) is 0. The smallest absolute Gasteiger partial charge is 0.0897 e. The molecule has 0 bridgehead atoms. The second kappa shape index (κ2) is 8.77. The van der Waals surface area contributed by atoms with Gasteiger partial charge in [0.15, 0.2) is 0 Å². The van der Waals surface area contributed by atoms with Crippen molar-refractivity contribution in [1.29, 1.82) is 0 Å². The van der Waals surface area contributed by atoms with Gasteiger partial charge in [-0.15, -0.1) is 11.3 Å². The summed E-state index contributed by atoms with van der Waals surface area (Å²) in [5.74, 6) is 0. The lowest BCUT2D eigenvalue weighted by Gasteiger charge is -2.09. The largest absolute Gasteiger partial charge is 0.388 e. The summed E-state index contributed by atoms with van der Waals surface area (Å²) in [6.45, 7) is 2.24. The first-order valence-electron chi connectivity index (χ1n) is 8.09. The van der Waals surface area contributed by atoms with Gasteiger partial charge in [-0.1, -0.05) is 81.7 Å². The number of hydrogen-bond acceptors (Lipinski definition) is 2. The number of rotatable bonds is 9. The maximum atomic E-state index is 10.4. The Balaban J connectivity index is 1.79. The van der Waals surface area contributed by atoms with Crippen molar-refractivity contribution in [2.75, 3.05) is 0 Å². The molecule has 1 N–H and O–H groups in total. The van der Waals surface area contributed by atoms with Crippen molar-refractivity contribution in [2.45, 2.75) is 64.4 Å². The fourth-order valence-electron chi connectivity index (χ4n) is 2.67. The maximum absolute atomic E-state index is 10.4. The van der Waals surface area contributed by atoms with E-state index in [0.717, 1.165) is 32.8 Å². The molecule has 0 aliphatic heterocycles. The van der Waals surface area contributed by atoms with Crippen molar-refractivity contribution in [3.63, 3.8) is 0 Å². The Kier molecular flexibility index (Phi) is 7.01. The third kappa shape index (κ3) is 4.70. The average Bonchev–Trinajstić information content (AvgIpc) is 2.84. The topological polar surface area (TPSA) is 20.2 Å². The SMILES string of the molecule is CCCCCCCCCC(O)c1sc2ccccc2c1Cl. The predicted octanol–water partition coefficient (Wildman–Crippen LogP) is 6.73. The molecule has 1 unspecified atom stereocenters. The highest BCUT2D eigenvalue weighted by atomic mass is 35.5. The Hall–Kier alpha value is -0.570. The first-order valence-corrected chi connectivity index (χ1v) is 9.28. The fraction of sp³-hybridized carbons (Fsp3) is 0.556. The highest BCUT2D eigenvalue weighted by Gasteiger charge is 2.16. The van der Waals surface area contributed by atoms with E-state index in [1.54, 1.807) is 11.3 Å². The number of fused-ring (bicyclic) bond motifs is 1. The summed E-state index contributed by atoms with van der Waals surface area (Å²) in [6, 6.07) is 8.10. The number of halogens is 1. The lowest BCUT2D eigenvalue weighted by Crippen LogP contribution is -1.95. The van der Waals surface area contributed by atoms with Crippen LogP contribution in [-0.2, 0) is 0 Å². The molecule has 0 radical (unpaired) electrons. The van der Waals surface area contributed by atoms with Gasteiger partial charge in [-0.05, 0) is 12.5 Å². The Bertz CT molecular complexity index is 549. The molecule has 1 aromatic carbocycles. The van der Waals surface area contributed by atoms with Gasteiger partial charge in [-0.25, -0.2) is 0 Å². The molecule has 1 aromatic heterocycles. The molecular weight excluding hydrogens is 300 g/mol. The highest BCUT2D eigenvalue weighted by molar-refractivity contribution is 7.19. The molecule has 116 valence electrons. The molecule has 1 nitrogen and oxygen atoms in total. The van der Waals surface area contributed by atoms with Gasteiger partial charge in [0.1, 0.15) is 0 Å². The van der Waals surface area contributed by atoms with Crippen LogP contribution in [0.1, 0.15) is 69.3 Å². The first kappa shape index (κ1) is 16.8. The molecule has 21 heavy (non-hydrogen) atoms. The van der Waals surface area contributed by atoms with Gasteiger partial charge in [-0.3, -0.25) is 0 Å². The van der Waals surface area contributed by atoms with Crippen LogP contribution < -0.4 is 0 Å². The second-order valence-electron chi connectivity index (χ2n) is 5.70. The van der Waals surface area contributed by atoms with Crippen molar-refractivity contribution in [3.8, 4) is 0 Å². The highest BCUT2D eigenvalue weighted by Crippen LogP contribution is 2.40. The summed E-state index contributed by atoms with van der Waals surface area (Å²) < 4.78 is 1.16. The van der Waals surface area contributed by atoms with E-state index in [1.165, 1.54) is 38.5 Å². The summed E-state index contributed by atoms with van der Waals surface area (Å²) in [4.78, 5) is 0.934. The standard InChI is InChI=1S/C18H25ClOS/c1-2-3-4-5-6-7-8-12-15(20)18-17(19)14-11-9-10-13-16(14)21-18/h9-11,13,15,20H,2-8,12H2,1H3. The Morgan fingerprint density at radius 3 is 2.43 bits per heavy atom. The number of aliphatic hydroxyl groups is 1. The number of benzene rings is 1. The summed E-state index contributed by atoms with van der Waals surface area (Å²) >= 11 is 8.02. The third-order valence-corrected chi connectivity index (χ3v) is 5.73. The van der Waals surface area contributed by atoms with Crippen molar-refractivity contribution in [3.05, 3.63) is 34.2 Å². The lowest BCUT2D eigenvalue weighted by molar-refractivity contribution is 0.167. The quantitative estimate of drug-likeness (QED) is 0.507. The number of hydrogen-bond donors (Lipinski definition) is 1. The van der Waals surface area contributed by atoms with Crippen LogP contribution in [0, 0.1) is 0 Å². The average molecular weight is 325 g/mol. The van der Waals surface area contributed by atoms with E-state index in [0.29, 0.717) is 0 Å². The van der Waals surface area contributed by atoms with E-state index in [4.69, 9.17) is 11.6 Å². The van der Waals surface area contributed by atoms with E-state index in [-0.39, 0.29) is 0 Å². The van der Waals surface area contributed by atoms with Crippen LogP contribution in [0.3, 0.4) is 0 Å². The normalized spacial score (nSPS) is 12.9. The molecule has 0 saturated heterocycles. The Morgan fingerprint density at radius 2 is 1.71 bits per heavy atom. The molecule has 0 saturated carbocycles. The summed E-state index contributed by atoms with van der Waals surface area (Å²) in [7, 11) is 0. The molecule has 2 aromatic rings. The van der Waals surface area contributed by atoms with Crippen molar-refractivity contribution >= 4 is 33.0 Å². The van der Waals surface area contributed by atoms with Crippen LogP contribution >= 0.6 is 22.9 Å². The van der Waals surface area contributed by atoms with Crippen LogP contribution in [0.25, 0.3) is 10.1 Å². The molecule has 0 amide bonds. The Morgan fingerprint density at radius 1 is 1.05 bits per heavy atom. The summed E-state index contributed by atoms with van der Waals surface area (Å²) in [5, 5.41) is 12.2. The van der Waals surface area contributed by atoms with Crippen molar-refractivity contribution < 1.29 is 5.11 Å². The third-order valence-electron chi connectivity index (χ3n) is 3.94. The molecule has 0 aliphatic carbocycles. The minimum Gasteiger partial charge on any atom is -0.388 e. The van der Waals surface area contributed by atoms with E-state index in [9.17, 15) is 5.11 Å². The second-order valence-corrected chi connectivity index (χ2v) is 7.16. The maximum Gasteiger partial charge on any atom is 0.0897 e. The van der Waals surface area contributed by atoms with E-state index in [2.05, 4.69) is 13.0 Å². The molecule has 1 heterocycles. The van der Waals surface area contributed by atoms with E-state index < -0.39 is 6.10 Å². The first-order chi connectivity index (χ1) is 10.2. The molecule has 1 atom stereocenters. The zero-order valence-electron chi connectivity index (χ0n) is 12.8. The minimum atomic E-state index is -0.412. The van der Waals surface area contributed by atoms with Crippen LogP contribution in [0.4, 0.5) is 0 Å². The van der Waals surface area contributed by atoms with Gasteiger partial charge in [0, 0.05) is 10.1 Å². The molecular formula is C18H25ClOS. The van der Waals surface area contributed by atoms with Crippen LogP contribution in [-0.4, -0.2) is 5.11 Å². The Labute approximate surface area is 137 Å². The van der Waals surface area contributed by atoms with Gasteiger partial charge >= 0.3 is 0 Å². The van der Waals surface area contributed by atoms with Crippen LogP contribution in [0.15, 0.2) is 24.3 Å². The fourth-order valence-corrected chi connectivity index (χ4v) is 4.25. The van der Waals surface area contributed by atoms with Crippen molar-refractivity contribution in [2.24, 2.45) is 0 Å². The van der Waals surface area contributed by atoms with E-state index >= 15 is 0 Å².